The van der Waals surface area contributed by atoms with Gasteiger partial charge in [-0.05, 0) is 43.8 Å². The van der Waals surface area contributed by atoms with Gasteiger partial charge in [0.25, 0.3) is 0 Å². The van der Waals surface area contributed by atoms with Gasteiger partial charge in [-0.2, -0.15) is 0 Å². The molecule has 2 heterocycles. The topological polar surface area (TPSA) is 85.4 Å². The number of urea groups is 1. The number of nitrogens with one attached hydrogen (secondary N) is 3. The Hall–Kier alpha value is -3.36. The molecule has 32 heavy (non-hydrogen) atoms. The number of benzene rings is 2. The predicted molar refractivity (Wildman–Crippen MR) is 130 cm³/mol. The number of hydrogen-bond acceptors (Lipinski definition) is 6. The molecule has 1 aliphatic rings. The Balaban J connectivity index is 1.41. The molecule has 0 aliphatic carbocycles. The molecule has 9 heteroatoms. The Labute approximate surface area is 192 Å². The number of piperazine rings is 1. The van der Waals surface area contributed by atoms with Crippen LogP contribution in [0.25, 0.3) is 0 Å². The maximum atomic E-state index is 12.4. The van der Waals surface area contributed by atoms with Crippen LogP contribution in [-0.2, 0) is 0 Å². The lowest BCUT2D eigenvalue weighted by Crippen LogP contribution is -2.44. The largest absolute Gasteiger partial charge is 0.369 e. The summed E-state index contributed by atoms with van der Waals surface area (Å²) in [5, 5.41) is 9.27. The fourth-order valence-corrected chi connectivity index (χ4v) is 3.81. The van der Waals surface area contributed by atoms with Crippen LogP contribution >= 0.6 is 11.6 Å². The zero-order valence-electron chi connectivity index (χ0n) is 18.1. The maximum absolute atomic E-state index is 12.4. The summed E-state index contributed by atoms with van der Waals surface area (Å²) in [7, 11) is 2.14. The Bertz CT molecular complexity index is 1080. The third kappa shape index (κ3) is 5.46. The molecule has 3 aromatic rings. The number of carbonyl (C=O) groups excluding carboxylic acids is 1. The first-order valence-electron chi connectivity index (χ1n) is 10.4. The molecule has 0 spiro atoms. The lowest BCUT2D eigenvalue weighted by atomic mass is 10.2. The second kappa shape index (κ2) is 9.84. The lowest BCUT2D eigenvalue weighted by Gasteiger charge is -2.34. The molecule has 8 nitrogen and oxygen atoms in total. The van der Waals surface area contributed by atoms with Crippen molar-refractivity contribution in [3.05, 3.63) is 65.4 Å². The van der Waals surface area contributed by atoms with Crippen molar-refractivity contribution in [3.63, 3.8) is 0 Å². The summed E-state index contributed by atoms with van der Waals surface area (Å²) in [5.41, 5.74) is 3.53. The first-order valence-corrected chi connectivity index (χ1v) is 10.8. The fraction of sp³-hybridized carbons (Fsp3) is 0.261. The second-order valence-electron chi connectivity index (χ2n) is 7.76. The number of aromatic nitrogens is 2. The van der Waals surface area contributed by atoms with E-state index in [9.17, 15) is 4.79 Å². The monoisotopic (exact) mass is 451 g/mol. The van der Waals surface area contributed by atoms with Crippen LogP contribution in [-0.4, -0.2) is 54.1 Å². The molecular formula is C23H26ClN7O. The highest BCUT2D eigenvalue weighted by Gasteiger charge is 2.15. The second-order valence-corrected chi connectivity index (χ2v) is 8.17. The number of amides is 2. The molecule has 3 N–H and O–H groups in total. The predicted octanol–water partition coefficient (Wildman–Crippen LogP) is 4.58. The lowest BCUT2D eigenvalue weighted by molar-refractivity contribution is 0.262. The van der Waals surface area contributed by atoms with Crippen molar-refractivity contribution in [3.8, 4) is 0 Å². The third-order valence-electron chi connectivity index (χ3n) is 5.36. The molecule has 1 aliphatic heterocycles. The van der Waals surface area contributed by atoms with E-state index in [1.54, 1.807) is 12.1 Å². The van der Waals surface area contributed by atoms with E-state index in [2.05, 4.69) is 54.9 Å². The van der Waals surface area contributed by atoms with Crippen molar-refractivity contribution in [1.82, 2.24) is 14.9 Å². The summed E-state index contributed by atoms with van der Waals surface area (Å²) in [6.07, 6.45) is 1.41. The van der Waals surface area contributed by atoms with E-state index < -0.39 is 6.03 Å². The van der Waals surface area contributed by atoms with Crippen LogP contribution in [0.1, 0.15) is 5.56 Å². The van der Waals surface area contributed by atoms with Crippen molar-refractivity contribution in [2.24, 2.45) is 0 Å². The van der Waals surface area contributed by atoms with Crippen molar-refractivity contribution in [2.45, 2.75) is 6.92 Å². The Kier molecular flexibility index (Phi) is 6.72. The number of aryl methyl sites for hydroxylation is 1. The highest BCUT2D eigenvalue weighted by Crippen LogP contribution is 2.26. The smallest absolute Gasteiger partial charge is 0.324 e. The van der Waals surface area contributed by atoms with Crippen LogP contribution in [0.5, 0.6) is 0 Å². The molecule has 4 rings (SSSR count). The highest BCUT2D eigenvalue weighted by atomic mass is 35.5. The van der Waals surface area contributed by atoms with E-state index >= 15 is 0 Å². The summed E-state index contributed by atoms with van der Waals surface area (Å²) < 4.78 is 0. The van der Waals surface area contributed by atoms with Gasteiger partial charge in [0.15, 0.2) is 0 Å². The van der Waals surface area contributed by atoms with Gasteiger partial charge in [0.05, 0.1) is 10.7 Å². The number of nitrogens with zero attached hydrogens (tertiary/aromatic N) is 4. The number of likely N-dealkylation sites (N-methyl/N-ethyl adjacent to an activating group) is 1. The number of anilines is 5. The summed E-state index contributed by atoms with van der Waals surface area (Å²) in [6, 6.07) is 14.9. The van der Waals surface area contributed by atoms with Crippen molar-refractivity contribution in [2.75, 3.05) is 54.1 Å². The minimum atomic E-state index is -0.428. The molecule has 0 atom stereocenters. The summed E-state index contributed by atoms with van der Waals surface area (Å²) >= 11 is 6.18. The van der Waals surface area contributed by atoms with E-state index in [1.807, 2.05) is 31.2 Å². The van der Waals surface area contributed by atoms with E-state index in [4.69, 9.17) is 11.6 Å². The van der Waals surface area contributed by atoms with Gasteiger partial charge in [0.1, 0.15) is 18.0 Å². The van der Waals surface area contributed by atoms with Gasteiger partial charge in [0, 0.05) is 43.6 Å². The van der Waals surface area contributed by atoms with Gasteiger partial charge in [-0.1, -0.05) is 29.8 Å². The minimum absolute atomic E-state index is 0.375. The zero-order chi connectivity index (χ0) is 22.5. The average Bonchev–Trinajstić information content (AvgIpc) is 2.77. The molecule has 166 valence electrons. The maximum Gasteiger partial charge on any atom is 0.324 e. The fourth-order valence-electron chi connectivity index (χ4n) is 3.54. The molecule has 0 radical (unpaired) electrons. The number of para-hydroxylation sites is 1. The molecule has 1 saturated heterocycles. The van der Waals surface area contributed by atoms with E-state index in [0.29, 0.717) is 22.3 Å². The molecule has 2 aromatic carbocycles. The molecule has 1 aromatic heterocycles. The third-order valence-corrected chi connectivity index (χ3v) is 5.67. The van der Waals surface area contributed by atoms with E-state index in [1.165, 1.54) is 12.0 Å². The van der Waals surface area contributed by atoms with Crippen LogP contribution in [0.4, 0.5) is 33.5 Å². The number of carbonyl (C=O) groups is 1. The van der Waals surface area contributed by atoms with Crippen LogP contribution < -0.4 is 20.9 Å². The summed E-state index contributed by atoms with van der Waals surface area (Å²) in [4.78, 5) is 25.5. The summed E-state index contributed by atoms with van der Waals surface area (Å²) in [6.45, 7) is 5.98. The van der Waals surface area contributed by atoms with E-state index in [0.717, 1.165) is 37.4 Å². The van der Waals surface area contributed by atoms with Crippen molar-refractivity contribution in [1.29, 1.82) is 0 Å². The van der Waals surface area contributed by atoms with Gasteiger partial charge in [-0.3, -0.25) is 5.32 Å². The van der Waals surface area contributed by atoms with Gasteiger partial charge >= 0.3 is 6.03 Å². The SMILES string of the molecule is Cc1cccc(Cl)c1NC(=O)Nc1cc(Nc2cccc(N3CCN(C)CC3)c2)ncn1. The van der Waals surface area contributed by atoms with Crippen LogP contribution in [0.2, 0.25) is 5.02 Å². The molecule has 1 fully saturated rings. The van der Waals surface area contributed by atoms with Crippen molar-refractivity contribution >= 4 is 46.3 Å². The number of rotatable bonds is 5. The first-order chi connectivity index (χ1) is 15.5. The van der Waals surface area contributed by atoms with Crippen molar-refractivity contribution < 1.29 is 4.79 Å². The average molecular weight is 452 g/mol. The number of halogens is 1. The zero-order valence-corrected chi connectivity index (χ0v) is 18.9. The Morgan fingerprint density at radius 3 is 2.50 bits per heavy atom. The van der Waals surface area contributed by atoms with Crippen LogP contribution in [0.3, 0.4) is 0 Å². The van der Waals surface area contributed by atoms with Gasteiger partial charge in [-0.25, -0.2) is 14.8 Å². The van der Waals surface area contributed by atoms with Crippen LogP contribution in [0.15, 0.2) is 54.9 Å². The molecule has 0 unspecified atom stereocenters. The first kappa shape index (κ1) is 21.9. The normalized spacial score (nSPS) is 14.2. The molecule has 0 saturated carbocycles. The molecule has 0 bridgehead atoms. The van der Waals surface area contributed by atoms with Crippen LogP contribution in [0, 0.1) is 6.92 Å². The molecular weight excluding hydrogens is 426 g/mol. The Morgan fingerprint density at radius 2 is 1.72 bits per heavy atom. The Morgan fingerprint density at radius 1 is 0.969 bits per heavy atom. The summed E-state index contributed by atoms with van der Waals surface area (Å²) in [5.74, 6) is 0.958. The molecule has 2 amide bonds. The quantitative estimate of drug-likeness (QED) is 0.526. The highest BCUT2D eigenvalue weighted by molar-refractivity contribution is 6.34. The van der Waals surface area contributed by atoms with Gasteiger partial charge < -0.3 is 20.4 Å². The minimum Gasteiger partial charge on any atom is -0.369 e. The van der Waals surface area contributed by atoms with Gasteiger partial charge in [0.2, 0.25) is 0 Å². The van der Waals surface area contributed by atoms with Gasteiger partial charge in [-0.15, -0.1) is 0 Å². The number of hydrogen-bond donors (Lipinski definition) is 3. The van der Waals surface area contributed by atoms with E-state index in [-0.39, 0.29) is 0 Å². The standard InChI is InChI=1S/C23H26ClN7O/c1-16-5-3-8-19(24)22(16)29-23(32)28-21-14-20(25-15-26-21)27-17-6-4-7-18(13-17)31-11-9-30(2)10-12-31/h3-8,13-15H,9-12H2,1-2H3,(H3,25,26,27,28,29,32).